The molecule has 0 fully saturated rings. The highest BCUT2D eigenvalue weighted by atomic mass is 32.1. The van der Waals surface area contributed by atoms with Gasteiger partial charge in [0.2, 0.25) is 0 Å². The summed E-state index contributed by atoms with van der Waals surface area (Å²) >= 11 is 7.73. The van der Waals surface area contributed by atoms with Crippen molar-refractivity contribution in [2.45, 2.75) is 5.75 Å². The summed E-state index contributed by atoms with van der Waals surface area (Å²) in [5.74, 6) is 0.704. The van der Waals surface area contributed by atoms with Crippen LogP contribution in [-0.4, -0.2) is 18.8 Å². The molecule has 1 aromatic rings. The van der Waals surface area contributed by atoms with Crippen LogP contribution in [0.25, 0.3) is 0 Å². The highest BCUT2D eigenvalue weighted by Crippen LogP contribution is 2.00. The highest BCUT2D eigenvalue weighted by molar-refractivity contribution is 7.81. The van der Waals surface area contributed by atoms with Gasteiger partial charge in [-0.05, 0) is 5.56 Å². The molecule has 0 aliphatic carbocycles. The molecule has 0 atom stereocenters. The average Bonchev–Trinajstić information content (AvgIpc) is 2.30. The van der Waals surface area contributed by atoms with Crippen LogP contribution in [0.2, 0.25) is 0 Å². The van der Waals surface area contributed by atoms with E-state index >= 15 is 0 Å². The van der Waals surface area contributed by atoms with E-state index in [9.17, 15) is 4.79 Å². The molecule has 0 radical (unpaired) electrons. The van der Waals surface area contributed by atoms with Gasteiger partial charge in [0.05, 0.1) is 12.9 Å². The highest BCUT2D eigenvalue weighted by Gasteiger charge is 1.88. The number of hydrogen-bond donors (Lipinski definition) is 2. The van der Waals surface area contributed by atoms with E-state index in [1.807, 2.05) is 18.2 Å². The van der Waals surface area contributed by atoms with Crippen LogP contribution in [0.3, 0.4) is 0 Å². The molecule has 0 amide bonds. The molecule has 1 aromatic carbocycles. The minimum absolute atomic E-state index is 0.163. The van der Waals surface area contributed by atoms with Crippen molar-refractivity contribution in [2.24, 2.45) is 0 Å². The molecule has 0 saturated carbocycles. The SMILES string of the molecule is COC(=O)CS.SCc1ccccc1. The Bertz CT molecular complexity index is 244. The zero-order valence-electron chi connectivity index (χ0n) is 8.01. The normalized spacial score (nSPS) is 8.50. The molecule has 4 heteroatoms. The molecule has 0 spiro atoms. The van der Waals surface area contributed by atoms with Crippen LogP contribution in [0.15, 0.2) is 30.3 Å². The van der Waals surface area contributed by atoms with E-state index in [1.165, 1.54) is 12.7 Å². The summed E-state index contributed by atoms with van der Waals surface area (Å²) in [5, 5.41) is 0. The topological polar surface area (TPSA) is 26.3 Å². The van der Waals surface area contributed by atoms with Crippen molar-refractivity contribution >= 4 is 31.2 Å². The Kier molecular flexibility index (Phi) is 8.57. The Balaban J connectivity index is 0.000000255. The second-order valence-corrected chi connectivity index (χ2v) is 3.01. The predicted molar refractivity (Wildman–Crippen MR) is 65.0 cm³/mol. The number of hydrogen-bond acceptors (Lipinski definition) is 4. The first-order valence-corrected chi connectivity index (χ1v) is 5.33. The number of carbonyl (C=O) groups excluding carboxylic acids is 1. The van der Waals surface area contributed by atoms with Gasteiger partial charge in [-0.3, -0.25) is 4.79 Å². The number of carbonyl (C=O) groups is 1. The van der Waals surface area contributed by atoms with Crippen molar-refractivity contribution in [2.75, 3.05) is 12.9 Å². The van der Waals surface area contributed by atoms with E-state index in [4.69, 9.17) is 0 Å². The fraction of sp³-hybridized carbons (Fsp3) is 0.300. The second kappa shape index (κ2) is 8.97. The third kappa shape index (κ3) is 6.86. The molecule has 78 valence electrons. The Morgan fingerprint density at radius 2 is 1.86 bits per heavy atom. The van der Waals surface area contributed by atoms with Gasteiger partial charge in [-0.25, -0.2) is 0 Å². The number of thiol groups is 2. The van der Waals surface area contributed by atoms with Gasteiger partial charge in [-0.2, -0.15) is 25.3 Å². The molecule has 2 nitrogen and oxygen atoms in total. The molecule has 1 rings (SSSR count). The van der Waals surface area contributed by atoms with Crippen molar-refractivity contribution in [1.82, 2.24) is 0 Å². The number of methoxy groups -OCH3 is 1. The maximum Gasteiger partial charge on any atom is 0.315 e. The van der Waals surface area contributed by atoms with E-state index in [0.29, 0.717) is 0 Å². The minimum Gasteiger partial charge on any atom is -0.468 e. The lowest BCUT2D eigenvalue weighted by molar-refractivity contribution is -0.137. The van der Waals surface area contributed by atoms with Crippen LogP contribution in [0, 0.1) is 0 Å². The molecule has 0 N–H and O–H groups in total. The second-order valence-electron chi connectivity index (χ2n) is 2.38. The first-order chi connectivity index (χ1) is 6.74. The van der Waals surface area contributed by atoms with Gasteiger partial charge < -0.3 is 4.74 Å². The van der Waals surface area contributed by atoms with Crippen LogP contribution >= 0.6 is 25.3 Å². The predicted octanol–water partition coefficient (Wildman–Crippen LogP) is 2.21. The Morgan fingerprint density at radius 3 is 2.07 bits per heavy atom. The minimum atomic E-state index is -0.293. The van der Waals surface area contributed by atoms with Crippen molar-refractivity contribution in [1.29, 1.82) is 0 Å². The van der Waals surface area contributed by atoms with Gasteiger partial charge in [0, 0.05) is 5.75 Å². The third-order valence-corrected chi connectivity index (χ3v) is 2.01. The maximum absolute atomic E-state index is 9.88. The molecule has 0 unspecified atom stereocenters. The van der Waals surface area contributed by atoms with Crippen molar-refractivity contribution in [3.05, 3.63) is 35.9 Å². The fourth-order valence-corrected chi connectivity index (χ4v) is 0.988. The quantitative estimate of drug-likeness (QED) is 0.602. The average molecular weight is 230 g/mol. The van der Waals surface area contributed by atoms with E-state index in [2.05, 4.69) is 42.1 Å². The summed E-state index contributed by atoms with van der Waals surface area (Å²) < 4.78 is 4.18. The van der Waals surface area contributed by atoms with Crippen molar-refractivity contribution < 1.29 is 9.53 Å². The van der Waals surface area contributed by atoms with Gasteiger partial charge in [-0.1, -0.05) is 30.3 Å². The first kappa shape index (κ1) is 13.4. The van der Waals surface area contributed by atoms with Crippen LogP contribution in [0.1, 0.15) is 5.56 Å². The Hall–Kier alpha value is -0.610. The number of rotatable bonds is 2. The Morgan fingerprint density at radius 1 is 1.29 bits per heavy atom. The summed E-state index contributed by atoms with van der Waals surface area (Å²) in [6, 6.07) is 10.2. The smallest absolute Gasteiger partial charge is 0.315 e. The molecule has 0 aliphatic heterocycles. The van der Waals surface area contributed by atoms with Crippen LogP contribution in [0.4, 0.5) is 0 Å². The largest absolute Gasteiger partial charge is 0.468 e. The van der Waals surface area contributed by atoms with Crippen molar-refractivity contribution in [3.63, 3.8) is 0 Å². The van der Waals surface area contributed by atoms with Gasteiger partial charge in [0.1, 0.15) is 0 Å². The molecule has 0 bridgehead atoms. The van der Waals surface area contributed by atoms with E-state index in [0.717, 1.165) is 5.75 Å². The summed E-state index contributed by atoms with van der Waals surface area (Å²) in [7, 11) is 1.33. The maximum atomic E-state index is 9.88. The van der Waals surface area contributed by atoms with E-state index in [-0.39, 0.29) is 11.7 Å². The lowest BCUT2D eigenvalue weighted by atomic mass is 10.2. The fourth-order valence-electron chi connectivity index (χ4n) is 0.648. The lowest BCUT2D eigenvalue weighted by Gasteiger charge is -1.89. The van der Waals surface area contributed by atoms with Crippen LogP contribution in [-0.2, 0) is 15.3 Å². The molecule has 0 heterocycles. The molecule has 0 saturated heterocycles. The van der Waals surface area contributed by atoms with Crippen LogP contribution < -0.4 is 0 Å². The zero-order valence-corrected chi connectivity index (χ0v) is 9.80. The number of ether oxygens (including phenoxy) is 1. The summed E-state index contributed by atoms with van der Waals surface area (Å²) in [6.45, 7) is 0. The van der Waals surface area contributed by atoms with Gasteiger partial charge in [0.25, 0.3) is 0 Å². The van der Waals surface area contributed by atoms with Gasteiger partial charge >= 0.3 is 5.97 Å². The first-order valence-electron chi connectivity index (χ1n) is 4.07. The Labute approximate surface area is 95.5 Å². The van der Waals surface area contributed by atoms with E-state index in [1.54, 1.807) is 0 Å². The van der Waals surface area contributed by atoms with Gasteiger partial charge in [-0.15, -0.1) is 0 Å². The molecule has 14 heavy (non-hydrogen) atoms. The molecular weight excluding hydrogens is 216 g/mol. The molecule has 0 aromatic heterocycles. The summed E-state index contributed by atoms with van der Waals surface area (Å²) in [4.78, 5) is 9.88. The van der Waals surface area contributed by atoms with Crippen molar-refractivity contribution in [3.8, 4) is 0 Å². The number of esters is 1. The zero-order chi connectivity index (χ0) is 10.8. The summed E-state index contributed by atoms with van der Waals surface area (Å²) in [5.41, 5.74) is 1.27. The number of benzene rings is 1. The summed E-state index contributed by atoms with van der Waals surface area (Å²) in [6.07, 6.45) is 0. The van der Waals surface area contributed by atoms with E-state index < -0.39 is 0 Å². The third-order valence-electron chi connectivity index (χ3n) is 1.38. The van der Waals surface area contributed by atoms with Gasteiger partial charge in [0.15, 0.2) is 0 Å². The standard InChI is InChI=1S/C7H8S.C3H6O2S/c8-6-7-4-2-1-3-5-7;1-5-3(4)2-6/h1-5,8H,6H2;6H,2H2,1H3. The molecular formula is C10H14O2S2. The molecule has 0 aliphatic rings. The monoisotopic (exact) mass is 230 g/mol. The van der Waals surface area contributed by atoms with Crippen LogP contribution in [0.5, 0.6) is 0 Å². The lowest BCUT2D eigenvalue weighted by Crippen LogP contribution is -1.99.